The number of imidazole rings is 1. The molecule has 1 heterocycles. The van der Waals surface area contributed by atoms with Gasteiger partial charge in [0, 0.05) is 26.6 Å². The first-order valence-corrected chi connectivity index (χ1v) is 7.78. The number of nitrogens with zero attached hydrogens (tertiary/aromatic N) is 1. The SMILES string of the molecule is COc1cc2nc(-c3cc(Br)ccc3Br)[nH]c2cc1OC. The molecule has 3 rings (SSSR count). The molecule has 1 aromatic heterocycles. The largest absolute Gasteiger partial charge is 0.493 e. The number of hydrogen-bond acceptors (Lipinski definition) is 3. The molecule has 0 bridgehead atoms. The van der Waals surface area contributed by atoms with Gasteiger partial charge >= 0.3 is 0 Å². The number of methoxy groups -OCH3 is 2. The standard InChI is InChI=1S/C15H12Br2N2O2/c1-20-13-6-11-12(7-14(13)21-2)19-15(18-11)9-5-8(16)3-4-10(9)17/h3-7H,1-2H3,(H,18,19). The molecule has 2 aromatic carbocycles. The second-order valence-electron chi connectivity index (χ2n) is 4.43. The molecule has 6 heteroatoms. The molecule has 0 saturated carbocycles. The highest BCUT2D eigenvalue weighted by atomic mass is 79.9. The van der Waals surface area contributed by atoms with E-state index in [1.54, 1.807) is 14.2 Å². The van der Waals surface area contributed by atoms with Gasteiger partial charge in [0.2, 0.25) is 0 Å². The third kappa shape index (κ3) is 2.65. The fourth-order valence-electron chi connectivity index (χ4n) is 2.14. The summed E-state index contributed by atoms with van der Waals surface area (Å²) in [6, 6.07) is 9.71. The molecule has 0 spiro atoms. The Balaban J connectivity index is 2.19. The zero-order valence-electron chi connectivity index (χ0n) is 11.4. The topological polar surface area (TPSA) is 47.1 Å². The Bertz CT molecular complexity index is 774. The van der Waals surface area contributed by atoms with Crippen LogP contribution >= 0.6 is 31.9 Å². The van der Waals surface area contributed by atoms with Gasteiger partial charge in [-0.15, -0.1) is 0 Å². The molecule has 0 radical (unpaired) electrons. The van der Waals surface area contributed by atoms with Crippen LogP contribution in [-0.4, -0.2) is 24.2 Å². The fourth-order valence-corrected chi connectivity index (χ4v) is 2.94. The van der Waals surface area contributed by atoms with Crippen molar-refractivity contribution in [3.8, 4) is 22.9 Å². The van der Waals surface area contributed by atoms with Crippen LogP contribution in [0.5, 0.6) is 11.5 Å². The first-order valence-electron chi connectivity index (χ1n) is 6.19. The molecule has 4 nitrogen and oxygen atoms in total. The lowest BCUT2D eigenvalue weighted by molar-refractivity contribution is 0.356. The molecule has 21 heavy (non-hydrogen) atoms. The molecular formula is C15H12Br2N2O2. The molecule has 0 aliphatic heterocycles. The molecule has 108 valence electrons. The number of H-pyrrole nitrogens is 1. The van der Waals surface area contributed by atoms with E-state index in [1.165, 1.54) is 0 Å². The van der Waals surface area contributed by atoms with Gasteiger partial charge in [-0.3, -0.25) is 0 Å². The minimum atomic E-state index is 0.663. The van der Waals surface area contributed by atoms with Crippen LogP contribution < -0.4 is 9.47 Å². The zero-order chi connectivity index (χ0) is 15.0. The van der Waals surface area contributed by atoms with Crippen molar-refractivity contribution in [1.82, 2.24) is 9.97 Å². The van der Waals surface area contributed by atoms with E-state index in [-0.39, 0.29) is 0 Å². The van der Waals surface area contributed by atoms with Crippen molar-refractivity contribution in [2.45, 2.75) is 0 Å². The minimum Gasteiger partial charge on any atom is -0.493 e. The maximum Gasteiger partial charge on any atom is 0.163 e. The van der Waals surface area contributed by atoms with E-state index >= 15 is 0 Å². The Kier molecular flexibility index (Phi) is 3.91. The molecule has 0 amide bonds. The second kappa shape index (κ2) is 5.69. The number of aromatic amines is 1. The Hall–Kier alpha value is -1.53. The van der Waals surface area contributed by atoms with Crippen LogP contribution in [0.1, 0.15) is 0 Å². The summed E-state index contributed by atoms with van der Waals surface area (Å²) in [7, 11) is 3.23. The van der Waals surface area contributed by atoms with Gasteiger partial charge in [0.25, 0.3) is 0 Å². The normalized spacial score (nSPS) is 10.9. The summed E-state index contributed by atoms with van der Waals surface area (Å²) < 4.78 is 12.6. The predicted octanol–water partition coefficient (Wildman–Crippen LogP) is 4.77. The summed E-state index contributed by atoms with van der Waals surface area (Å²) in [5.74, 6) is 2.12. The number of fused-ring (bicyclic) bond motifs is 1. The molecule has 0 fully saturated rings. The summed E-state index contributed by atoms with van der Waals surface area (Å²) in [6.45, 7) is 0. The molecule has 0 unspecified atom stereocenters. The van der Waals surface area contributed by atoms with E-state index in [4.69, 9.17) is 9.47 Å². The van der Waals surface area contributed by atoms with Gasteiger partial charge in [0.05, 0.1) is 25.3 Å². The fraction of sp³-hybridized carbons (Fsp3) is 0.133. The molecule has 0 saturated heterocycles. The number of hydrogen-bond donors (Lipinski definition) is 1. The predicted molar refractivity (Wildman–Crippen MR) is 90.0 cm³/mol. The third-order valence-electron chi connectivity index (χ3n) is 3.17. The molecule has 3 aromatic rings. The van der Waals surface area contributed by atoms with Crippen LogP contribution in [0.4, 0.5) is 0 Å². The van der Waals surface area contributed by atoms with E-state index in [1.807, 2.05) is 30.3 Å². The third-order valence-corrected chi connectivity index (χ3v) is 4.36. The van der Waals surface area contributed by atoms with Crippen LogP contribution in [0.25, 0.3) is 22.4 Å². The van der Waals surface area contributed by atoms with Crippen molar-refractivity contribution in [1.29, 1.82) is 0 Å². The smallest absolute Gasteiger partial charge is 0.163 e. The monoisotopic (exact) mass is 410 g/mol. The summed E-state index contributed by atoms with van der Waals surface area (Å²) in [6.07, 6.45) is 0. The summed E-state index contributed by atoms with van der Waals surface area (Å²) in [5.41, 5.74) is 2.71. The van der Waals surface area contributed by atoms with Crippen LogP contribution in [-0.2, 0) is 0 Å². The van der Waals surface area contributed by atoms with E-state index in [9.17, 15) is 0 Å². The number of aromatic nitrogens is 2. The lowest BCUT2D eigenvalue weighted by atomic mass is 10.2. The second-order valence-corrected chi connectivity index (χ2v) is 6.20. The van der Waals surface area contributed by atoms with Crippen LogP contribution in [0.3, 0.4) is 0 Å². The number of rotatable bonds is 3. The van der Waals surface area contributed by atoms with Crippen molar-refractivity contribution in [3.05, 3.63) is 39.3 Å². The van der Waals surface area contributed by atoms with Crippen molar-refractivity contribution in [2.75, 3.05) is 14.2 Å². The van der Waals surface area contributed by atoms with Gasteiger partial charge in [0.1, 0.15) is 5.82 Å². The Labute approximate surface area is 138 Å². The Morgan fingerprint density at radius 2 is 1.71 bits per heavy atom. The maximum absolute atomic E-state index is 5.31. The number of halogens is 2. The van der Waals surface area contributed by atoms with Gasteiger partial charge < -0.3 is 14.5 Å². The van der Waals surface area contributed by atoms with Crippen molar-refractivity contribution in [3.63, 3.8) is 0 Å². The molecule has 0 aliphatic carbocycles. The number of nitrogens with one attached hydrogen (secondary N) is 1. The van der Waals surface area contributed by atoms with Crippen molar-refractivity contribution < 1.29 is 9.47 Å². The lowest BCUT2D eigenvalue weighted by Gasteiger charge is -2.06. The molecule has 0 aliphatic rings. The highest BCUT2D eigenvalue weighted by molar-refractivity contribution is 9.11. The number of benzene rings is 2. The van der Waals surface area contributed by atoms with Gasteiger partial charge in [-0.1, -0.05) is 31.9 Å². The highest BCUT2D eigenvalue weighted by Crippen LogP contribution is 2.34. The summed E-state index contributed by atoms with van der Waals surface area (Å²) in [4.78, 5) is 7.94. The average Bonchev–Trinajstić information content (AvgIpc) is 2.90. The van der Waals surface area contributed by atoms with Crippen LogP contribution in [0.2, 0.25) is 0 Å². The van der Waals surface area contributed by atoms with Crippen LogP contribution in [0, 0.1) is 0 Å². The number of ether oxygens (including phenoxy) is 2. The summed E-state index contributed by atoms with van der Waals surface area (Å²) >= 11 is 7.03. The van der Waals surface area contributed by atoms with Crippen molar-refractivity contribution >= 4 is 42.9 Å². The lowest BCUT2D eigenvalue weighted by Crippen LogP contribution is -1.89. The Morgan fingerprint density at radius 3 is 2.43 bits per heavy atom. The van der Waals surface area contributed by atoms with Crippen LogP contribution in [0.15, 0.2) is 39.3 Å². The summed E-state index contributed by atoms with van der Waals surface area (Å²) in [5, 5.41) is 0. The molecular weight excluding hydrogens is 400 g/mol. The van der Waals surface area contributed by atoms with E-state index in [0.29, 0.717) is 11.5 Å². The highest BCUT2D eigenvalue weighted by Gasteiger charge is 2.13. The van der Waals surface area contributed by atoms with E-state index < -0.39 is 0 Å². The molecule has 1 N–H and O–H groups in total. The van der Waals surface area contributed by atoms with E-state index in [0.717, 1.165) is 31.4 Å². The minimum absolute atomic E-state index is 0.663. The quantitative estimate of drug-likeness (QED) is 0.675. The zero-order valence-corrected chi connectivity index (χ0v) is 14.6. The van der Waals surface area contributed by atoms with E-state index in [2.05, 4.69) is 41.8 Å². The van der Waals surface area contributed by atoms with Gasteiger partial charge in [-0.2, -0.15) is 0 Å². The Morgan fingerprint density at radius 1 is 1.00 bits per heavy atom. The van der Waals surface area contributed by atoms with Gasteiger partial charge in [0.15, 0.2) is 11.5 Å². The maximum atomic E-state index is 5.31. The first-order chi connectivity index (χ1) is 10.1. The molecule has 0 atom stereocenters. The average molecular weight is 412 g/mol. The first kappa shape index (κ1) is 14.4. The van der Waals surface area contributed by atoms with Gasteiger partial charge in [-0.05, 0) is 18.2 Å². The van der Waals surface area contributed by atoms with Crippen molar-refractivity contribution in [2.24, 2.45) is 0 Å². The van der Waals surface area contributed by atoms with Gasteiger partial charge in [-0.25, -0.2) is 4.98 Å².